The minimum Gasteiger partial charge on any atom is -0.366 e. The maximum Gasteiger partial charge on any atom is 0.123 e. The van der Waals surface area contributed by atoms with Gasteiger partial charge in [-0.15, -0.1) is 0 Å². The Bertz CT molecular complexity index is 534. The summed E-state index contributed by atoms with van der Waals surface area (Å²) in [5, 5.41) is 0. The van der Waals surface area contributed by atoms with Crippen molar-refractivity contribution < 1.29 is 4.39 Å². The quantitative estimate of drug-likeness (QED) is 0.902. The fraction of sp³-hybridized carbons (Fsp3) is 0.294. The van der Waals surface area contributed by atoms with E-state index in [4.69, 9.17) is 5.73 Å². The predicted octanol–water partition coefficient (Wildman–Crippen LogP) is 3.52. The van der Waals surface area contributed by atoms with Crippen LogP contribution < -0.4 is 10.6 Å². The van der Waals surface area contributed by atoms with Crippen LogP contribution in [-0.4, -0.2) is 13.6 Å². The van der Waals surface area contributed by atoms with E-state index in [0.29, 0.717) is 6.54 Å². The summed E-state index contributed by atoms with van der Waals surface area (Å²) in [4.78, 5) is 2.08. The lowest BCUT2D eigenvalue weighted by atomic mass is 10.0. The molecular weight excluding hydrogens is 251 g/mol. The summed E-state index contributed by atoms with van der Waals surface area (Å²) in [5.41, 5.74) is 9.38. The molecule has 106 valence electrons. The molecule has 2 aromatic rings. The number of hydrogen-bond acceptors (Lipinski definition) is 2. The van der Waals surface area contributed by atoms with Gasteiger partial charge in [0.2, 0.25) is 0 Å². The van der Waals surface area contributed by atoms with E-state index in [9.17, 15) is 4.39 Å². The third-order valence-electron chi connectivity index (χ3n) is 3.70. The van der Waals surface area contributed by atoms with Crippen LogP contribution in [0.4, 0.5) is 10.1 Å². The van der Waals surface area contributed by atoms with Crippen LogP contribution in [0.5, 0.6) is 0 Å². The summed E-state index contributed by atoms with van der Waals surface area (Å²) in [7, 11) is 1.98. The van der Waals surface area contributed by atoms with Crippen LogP contribution in [-0.2, 0) is 6.42 Å². The third kappa shape index (κ3) is 3.17. The molecule has 2 N–H and O–H groups in total. The third-order valence-corrected chi connectivity index (χ3v) is 3.70. The summed E-state index contributed by atoms with van der Waals surface area (Å²) in [6, 6.07) is 15.1. The molecule has 20 heavy (non-hydrogen) atoms. The second-order valence-corrected chi connectivity index (χ2v) is 4.93. The number of benzene rings is 2. The zero-order chi connectivity index (χ0) is 14.5. The van der Waals surface area contributed by atoms with Crippen LogP contribution in [0, 0.1) is 5.82 Å². The first kappa shape index (κ1) is 14.5. The van der Waals surface area contributed by atoms with Crippen LogP contribution in [0.1, 0.15) is 24.1 Å². The van der Waals surface area contributed by atoms with Gasteiger partial charge in [0.1, 0.15) is 5.82 Å². The van der Waals surface area contributed by atoms with E-state index in [-0.39, 0.29) is 11.9 Å². The normalized spacial score (nSPS) is 12.2. The number of nitrogens with two attached hydrogens (primary N) is 1. The minimum absolute atomic E-state index is 0.0892. The van der Waals surface area contributed by atoms with Gasteiger partial charge in [-0.05, 0) is 41.8 Å². The molecular formula is C17H21FN2. The molecule has 2 nitrogen and oxygen atoms in total. The van der Waals surface area contributed by atoms with E-state index >= 15 is 0 Å². The van der Waals surface area contributed by atoms with Crippen molar-refractivity contribution in [3.8, 4) is 0 Å². The molecule has 0 saturated carbocycles. The molecule has 0 aliphatic rings. The number of likely N-dealkylation sites (N-methyl/N-ethyl adjacent to an activating group) is 1. The van der Waals surface area contributed by atoms with Crippen molar-refractivity contribution >= 4 is 5.69 Å². The molecule has 0 spiro atoms. The summed E-state index contributed by atoms with van der Waals surface area (Å²) >= 11 is 0. The molecule has 0 saturated heterocycles. The molecule has 0 radical (unpaired) electrons. The average molecular weight is 272 g/mol. The van der Waals surface area contributed by atoms with Crippen molar-refractivity contribution in [2.45, 2.75) is 19.4 Å². The van der Waals surface area contributed by atoms with Gasteiger partial charge in [0.15, 0.2) is 0 Å². The summed E-state index contributed by atoms with van der Waals surface area (Å²) in [6.07, 6.45) is 1.03. The Hall–Kier alpha value is -1.87. The molecule has 0 amide bonds. The van der Waals surface area contributed by atoms with E-state index in [0.717, 1.165) is 12.1 Å². The SMILES string of the molecule is CCc1ccc(C(CN)N(C)c2ccc(F)cc2)cc1. The van der Waals surface area contributed by atoms with E-state index in [1.54, 1.807) is 12.1 Å². The van der Waals surface area contributed by atoms with Gasteiger partial charge >= 0.3 is 0 Å². The van der Waals surface area contributed by atoms with Crippen LogP contribution in [0.15, 0.2) is 48.5 Å². The Kier molecular flexibility index (Phi) is 4.74. The zero-order valence-corrected chi connectivity index (χ0v) is 12.0. The number of anilines is 1. The van der Waals surface area contributed by atoms with E-state index in [1.807, 2.05) is 7.05 Å². The van der Waals surface area contributed by atoms with E-state index in [2.05, 4.69) is 36.1 Å². The van der Waals surface area contributed by atoms with Gasteiger partial charge in [-0.1, -0.05) is 31.2 Å². The lowest BCUT2D eigenvalue weighted by Crippen LogP contribution is -2.30. The maximum absolute atomic E-state index is 13.0. The highest BCUT2D eigenvalue weighted by Crippen LogP contribution is 2.25. The van der Waals surface area contributed by atoms with Crippen LogP contribution in [0.25, 0.3) is 0 Å². The molecule has 0 fully saturated rings. The van der Waals surface area contributed by atoms with Crippen molar-refractivity contribution in [2.75, 3.05) is 18.5 Å². The molecule has 0 heterocycles. The van der Waals surface area contributed by atoms with Crippen molar-refractivity contribution in [2.24, 2.45) is 5.73 Å². The largest absolute Gasteiger partial charge is 0.366 e. The van der Waals surface area contributed by atoms with Crippen molar-refractivity contribution in [1.82, 2.24) is 0 Å². The Labute approximate surface area is 120 Å². The van der Waals surface area contributed by atoms with Gasteiger partial charge in [0.05, 0.1) is 6.04 Å². The summed E-state index contributed by atoms with van der Waals surface area (Å²) in [6.45, 7) is 2.65. The molecule has 2 aromatic carbocycles. The molecule has 0 aliphatic heterocycles. The first-order valence-electron chi connectivity index (χ1n) is 6.93. The Balaban J connectivity index is 2.23. The highest BCUT2D eigenvalue weighted by Gasteiger charge is 2.15. The lowest BCUT2D eigenvalue weighted by Gasteiger charge is -2.29. The monoisotopic (exact) mass is 272 g/mol. The van der Waals surface area contributed by atoms with Gasteiger partial charge in [-0.3, -0.25) is 0 Å². The van der Waals surface area contributed by atoms with Crippen LogP contribution in [0.3, 0.4) is 0 Å². The average Bonchev–Trinajstić information content (AvgIpc) is 2.49. The standard InChI is InChI=1S/C17H21FN2/c1-3-13-4-6-14(7-5-13)17(12-19)20(2)16-10-8-15(18)9-11-16/h4-11,17H,3,12,19H2,1-2H3. The van der Waals surface area contributed by atoms with E-state index in [1.165, 1.54) is 23.3 Å². The number of nitrogens with zero attached hydrogens (tertiary/aromatic N) is 1. The molecule has 0 bridgehead atoms. The number of halogens is 1. The van der Waals surface area contributed by atoms with Crippen molar-refractivity contribution in [3.05, 3.63) is 65.5 Å². The van der Waals surface area contributed by atoms with Gasteiger partial charge in [0.25, 0.3) is 0 Å². The first-order valence-corrected chi connectivity index (χ1v) is 6.93. The number of hydrogen-bond donors (Lipinski definition) is 1. The molecule has 2 rings (SSSR count). The smallest absolute Gasteiger partial charge is 0.123 e. The highest BCUT2D eigenvalue weighted by molar-refractivity contribution is 5.48. The Morgan fingerprint density at radius 3 is 2.15 bits per heavy atom. The first-order chi connectivity index (χ1) is 9.65. The highest BCUT2D eigenvalue weighted by atomic mass is 19.1. The molecule has 1 atom stereocenters. The van der Waals surface area contributed by atoms with Gasteiger partial charge in [-0.25, -0.2) is 4.39 Å². The Morgan fingerprint density at radius 1 is 1.05 bits per heavy atom. The number of aryl methyl sites for hydroxylation is 1. The maximum atomic E-state index is 13.0. The van der Waals surface area contributed by atoms with E-state index < -0.39 is 0 Å². The lowest BCUT2D eigenvalue weighted by molar-refractivity contribution is 0.626. The molecule has 0 aromatic heterocycles. The predicted molar refractivity (Wildman–Crippen MR) is 82.4 cm³/mol. The molecule has 3 heteroatoms. The summed E-state index contributed by atoms with van der Waals surface area (Å²) < 4.78 is 13.0. The van der Waals surface area contributed by atoms with Gasteiger partial charge < -0.3 is 10.6 Å². The Morgan fingerprint density at radius 2 is 1.65 bits per heavy atom. The zero-order valence-electron chi connectivity index (χ0n) is 12.0. The summed E-state index contributed by atoms with van der Waals surface area (Å²) in [5.74, 6) is -0.223. The van der Waals surface area contributed by atoms with Gasteiger partial charge in [-0.2, -0.15) is 0 Å². The minimum atomic E-state index is -0.223. The second-order valence-electron chi connectivity index (χ2n) is 4.93. The van der Waals surface area contributed by atoms with Crippen molar-refractivity contribution in [1.29, 1.82) is 0 Å². The molecule has 1 unspecified atom stereocenters. The second kappa shape index (κ2) is 6.53. The molecule has 0 aliphatic carbocycles. The van der Waals surface area contributed by atoms with Gasteiger partial charge in [0, 0.05) is 19.3 Å². The van der Waals surface area contributed by atoms with Crippen LogP contribution in [0.2, 0.25) is 0 Å². The number of rotatable bonds is 5. The van der Waals surface area contributed by atoms with Crippen molar-refractivity contribution in [3.63, 3.8) is 0 Å². The topological polar surface area (TPSA) is 29.3 Å². The fourth-order valence-electron chi connectivity index (χ4n) is 2.35. The fourth-order valence-corrected chi connectivity index (χ4v) is 2.35. The van der Waals surface area contributed by atoms with Crippen LogP contribution >= 0.6 is 0 Å².